The van der Waals surface area contributed by atoms with E-state index in [4.69, 9.17) is 5.11 Å². The van der Waals surface area contributed by atoms with Gasteiger partial charge in [0, 0.05) is 5.92 Å². The van der Waals surface area contributed by atoms with Crippen molar-refractivity contribution < 1.29 is 14.7 Å². The first-order chi connectivity index (χ1) is 7.56. The van der Waals surface area contributed by atoms with Crippen LogP contribution in [-0.4, -0.2) is 23.0 Å². The highest BCUT2D eigenvalue weighted by atomic mass is 16.4. The fourth-order valence-corrected chi connectivity index (χ4v) is 1.60. The molecule has 0 aliphatic rings. The first-order valence-corrected chi connectivity index (χ1v) is 6.09. The van der Waals surface area contributed by atoms with E-state index in [1.807, 2.05) is 6.92 Å². The van der Waals surface area contributed by atoms with Crippen molar-refractivity contribution in [2.75, 3.05) is 0 Å². The van der Waals surface area contributed by atoms with Crippen LogP contribution in [0.5, 0.6) is 0 Å². The predicted octanol–water partition coefficient (Wildman–Crippen LogP) is 2.18. The molecule has 0 fully saturated rings. The van der Waals surface area contributed by atoms with Gasteiger partial charge in [0.2, 0.25) is 5.91 Å². The minimum Gasteiger partial charge on any atom is -0.480 e. The summed E-state index contributed by atoms with van der Waals surface area (Å²) in [5, 5.41) is 11.4. The zero-order chi connectivity index (χ0) is 12.6. The number of nitrogens with one attached hydrogen (secondary N) is 1. The summed E-state index contributed by atoms with van der Waals surface area (Å²) in [5.74, 6) is -1.13. The van der Waals surface area contributed by atoms with E-state index in [9.17, 15) is 9.59 Å². The van der Waals surface area contributed by atoms with Crippen molar-refractivity contribution in [2.24, 2.45) is 5.92 Å². The number of carbonyl (C=O) groups is 2. The van der Waals surface area contributed by atoms with Gasteiger partial charge in [-0.05, 0) is 19.3 Å². The third-order valence-corrected chi connectivity index (χ3v) is 2.79. The third kappa shape index (κ3) is 5.14. The molecule has 0 aliphatic carbocycles. The van der Waals surface area contributed by atoms with Crippen LogP contribution in [0.2, 0.25) is 0 Å². The Morgan fingerprint density at radius 3 is 2.19 bits per heavy atom. The number of unbranched alkanes of at least 4 members (excludes halogenated alkanes) is 1. The van der Waals surface area contributed by atoms with Gasteiger partial charge >= 0.3 is 5.97 Å². The van der Waals surface area contributed by atoms with E-state index in [2.05, 4.69) is 12.2 Å². The van der Waals surface area contributed by atoms with E-state index < -0.39 is 12.0 Å². The Balaban J connectivity index is 4.23. The summed E-state index contributed by atoms with van der Waals surface area (Å²) < 4.78 is 0. The van der Waals surface area contributed by atoms with E-state index in [0.29, 0.717) is 6.42 Å². The van der Waals surface area contributed by atoms with Crippen LogP contribution in [0.3, 0.4) is 0 Å². The molecule has 0 aromatic rings. The van der Waals surface area contributed by atoms with E-state index in [1.165, 1.54) is 0 Å². The second kappa shape index (κ2) is 8.13. The summed E-state index contributed by atoms with van der Waals surface area (Å²) in [6.07, 6.45) is 4.10. The predicted molar refractivity (Wildman–Crippen MR) is 63.2 cm³/mol. The molecule has 0 heterocycles. The molecule has 0 unspecified atom stereocenters. The molecular weight excluding hydrogens is 206 g/mol. The molecule has 0 saturated carbocycles. The molecule has 0 radical (unpaired) electrons. The average molecular weight is 229 g/mol. The van der Waals surface area contributed by atoms with Crippen LogP contribution in [0.1, 0.15) is 52.9 Å². The van der Waals surface area contributed by atoms with Crippen LogP contribution < -0.4 is 5.32 Å². The van der Waals surface area contributed by atoms with Crippen molar-refractivity contribution in [1.29, 1.82) is 0 Å². The first-order valence-electron chi connectivity index (χ1n) is 6.09. The lowest BCUT2D eigenvalue weighted by Crippen LogP contribution is -2.43. The summed E-state index contributed by atoms with van der Waals surface area (Å²) in [6.45, 7) is 5.80. The normalized spacial score (nSPS) is 14.2. The maximum absolute atomic E-state index is 11.8. The van der Waals surface area contributed by atoms with Crippen LogP contribution in [0.25, 0.3) is 0 Å². The van der Waals surface area contributed by atoms with Gasteiger partial charge in [0.25, 0.3) is 0 Å². The second-order valence-corrected chi connectivity index (χ2v) is 4.06. The number of carboxylic acids is 1. The number of carbonyl (C=O) groups excluding carboxylic acids is 1. The van der Waals surface area contributed by atoms with E-state index in [0.717, 1.165) is 25.7 Å². The maximum atomic E-state index is 11.8. The van der Waals surface area contributed by atoms with Crippen LogP contribution in [0.15, 0.2) is 0 Å². The molecule has 0 saturated heterocycles. The summed E-state index contributed by atoms with van der Waals surface area (Å²) in [6, 6.07) is -0.747. The third-order valence-electron chi connectivity index (χ3n) is 2.79. The highest BCUT2D eigenvalue weighted by Crippen LogP contribution is 2.13. The van der Waals surface area contributed by atoms with E-state index in [1.54, 1.807) is 6.92 Å². The number of amides is 1. The highest BCUT2D eigenvalue weighted by Gasteiger charge is 2.22. The molecule has 2 N–H and O–H groups in total. The van der Waals surface area contributed by atoms with E-state index in [-0.39, 0.29) is 11.8 Å². The number of rotatable bonds is 8. The zero-order valence-corrected chi connectivity index (χ0v) is 10.5. The van der Waals surface area contributed by atoms with Crippen molar-refractivity contribution in [3.63, 3.8) is 0 Å². The van der Waals surface area contributed by atoms with Crippen molar-refractivity contribution >= 4 is 11.9 Å². The average Bonchev–Trinajstić information content (AvgIpc) is 2.26. The van der Waals surface area contributed by atoms with Crippen molar-refractivity contribution in [1.82, 2.24) is 5.32 Å². The zero-order valence-electron chi connectivity index (χ0n) is 10.5. The van der Waals surface area contributed by atoms with E-state index >= 15 is 0 Å². The maximum Gasteiger partial charge on any atom is 0.326 e. The summed E-state index contributed by atoms with van der Waals surface area (Å²) in [5.41, 5.74) is 0. The quantitative estimate of drug-likeness (QED) is 0.670. The lowest BCUT2D eigenvalue weighted by atomic mass is 9.98. The molecule has 0 aromatic carbocycles. The number of aliphatic carboxylic acids is 1. The van der Waals surface area contributed by atoms with Gasteiger partial charge in [0.05, 0.1) is 0 Å². The molecule has 4 heteroatoms. The van der Waals surface area contributed by atoms with Crippen LogP contribution in [-0.2, 0) is 9.59 Å². The molecule has 94 valence electrons. The van der Waals surface area contributed by atoms with Gasteiger partial charge < -0.3 is 10.4 Å². The van der Waals surface area contributed by atoms with Crippen molar-refractivity contribution in [2.45, 2.75) is 58.9 Å². The summed E-state index contributed by atoms with van der Waals surface area (Å²) >= 11 is 0. The van der Waals surface area contributed by atoms with Gasteiger partial charge in [-0.1, -0.05) is 33.6 Å². The molecule has 0 rings (SSSR count). The minimum atomic E-state index is -0.957. The molecule has 0 bridgehead atoms. The second-order valence-electron chi connectivity index (χ2n) is 4.06. The first kappa shape index (κ1) is 14.9. The Labute approximate surface area is 97.4 Å². The lowest BCUT2D eigenvalue weighted by Gasteiger charge is -2.18. The molecular formula is C12H23NO3. The van der Waals surface area contributed by atoms with Gasteiger partial charge in [-0.3, -0.25) is 4.79 Å². The fraction of sp³-hybridized carbons (Fsp3) is 0.833. The molecule has 0 aliphatic heterocycles. The Hall–Kier alpha value is -1.06. The smallest absolute Gasteiger partial charge is 0.326 e. The Morgan fingerprint density at radius 1 is 1.19 bits per heavy atom. The molecule has 0 aromatic heterocycles. The van der Waals surface area contributed by atoms with Gasteiger partial charge in [-0.25, -0.2) is 4.79 Å². The Bertz CT molecular complexity index is 228. The molecule has 1 amide bonds. The molecule has 16 heavy (non-hydrogen) atoms. The van der Waals surface area contributed by atoms with Crippen molar-refractivity contribution in [3.05, 3.63) is 0 Å². The van der Waals surface area contributed by atoms with Gasteiger partial charge in [0.1, 0.15) is 6.04 Å². The van der Waals surface area contributed by atoms with Gasteiger partial charge in [-0.15, -0.1) is 0 Å². The summed E-state index contributed by atoms with van der Waals surface area (Å²) in [7, 11) is 0. The molecule has 4 nitrogen and oxygen atoms in total. The summed E-state index contributed by atoms with van der Waals surface area (Å²) in [4.78, 5) is 22.6. The number of hydrogen-bond donors (Lipinski definition) is 2. The van der Waals surface area contributed by atoms with Crippen molar-refractivity contribution in [3.8, 4) is 0 Å². The SMILES string of the molecule is CCCC[C@H](CC)C(=O)N[C@H](CC)C(=O)O. The van der Waals surface area contributed by atoms with Gasteiger partial charge in [0.15, 0.2) is 0 Å². The van der Waals surface area contributed by atoms with Gasteiger partial charge in [-0.2, -0.15) is 0 Å². The minimum absolute atomic E-state index is 0.0478. The van der Waals surface area contributed by atoms with Crippen LogP contribution >= 0.6 is 0 Å². The highest BCUT2D eigenvalue weighted by molar-refractivity contribution is 5.84. The fourth-order valence-electron chi connectivity index (χ4n) is 1.60. The van der Waals surface area contributed by atoms with Crippen LogP contribution in [0, 0.1) is 5.92 Å². The standard InChI is InChI=1S/C12H23NO3/c1-4-7-8-9(5-2)11(14)13-10(6-3)12(15)16/h9-10H,4-8H2,1-3H3,(H,13,14)(H,15,16)/t9-,10+/m0/s1. The largest absolute Gasteiger partial charge is 0.480 e. The Kier molecular flexibility index (Phi) is 7.60. The topological polar surface area (TPSA) is 66.4 Å². The lowest BCUT2D eigenvalue weighted by molar-refractivity contribution is -0.142. The molecule has 2 atom stereocenters. The number of carboxylic acid groups (broad SMARTS) is 1. The monoisotopic (exact) mass is 229 g/mol. The number of hydrogen-bond acceptors (Lipinski definition) is 2. The molecule has 0 spiro atoms. The Morgan fingerprint density at radius 2 is 1.81 bits per heavy atom. The van der Waals surface area contributed by atoms with Crippen LogP contribution in [0.4, 0.5) is 0 Å².